The Bertz CT molecular complexity index is 914. The molecule has 1 amide bonds. The van der Waals surface area contributed by atoms with Crippen molar-refractivity contribution in [3.8, 4) is 11.4 Å². The van der Waals surface area contributed by atoms with E-state index in [0.717, 1.165) is 36.0 Å². The summed E-state index contributed by atoms with van der Waals surface area (Å²) in [6, 6.07) is 5.62. The molecule has 8 nitrogen and oxygen atoms in total. The molecular weight excluding hydrogens is 318 g/mol. The lowest BCUT2D eigenvalue weighted by Gasteiger charge is -2.21. The van der Waals surface area contributed by atoms with Gasteiger partial charge in [-0.2, -0.15) is 0 Å². The Hall–Kier alpha value is -2.87. The number of amides is 1. The third-order valence-electron chi connectivity index (χ3n) is 4.36. The highest BCUT2D eigenvalue weighted by molar-refractivity contribution is 5.93. The van der Waals surface area contributed by atoms with Crippen LogP contribution in [0.2, 0.25) is 0 Å². The van der Waals surface area contributed by atoms with Crippen LogP contribution in [0, 0.1) is 5.92 Å². The highest BCUT2D eigenvalue weighted by Crippen LogP contribution is 2.21. The topological polar surface area (TPSA) is 97.6 Å². The number of aryl methyl sites for hydroxylation is 1. The Morgan fingerprint density at radius 1 is 1.36 bits per heavy atom. The van der Waals surface area contributed by atoms with Crippen molar-refractivity contribution < 1.29 is 4.79 Å². The van der Waals surface area contributed by atoms with E-state index in [2.05, 4.69) is 30.9 Å². The molecule has 8 heteroatoms. The zero-order valence-corrected chi connectivity index (χ0v) is 13.9. The molecule has 1 fully saturated rings. The number of pyridine rings is 2. The van der Waals surface area contributed by atoms with E-state index < -0.39 is 0 Å². The number of fused-ring (bicyclic) bond motifs is 1. The molecule has 0 saturated carbocycles. The normalized spacial score (nSPS) is 17.6. The second kappa shape index (κ2) is 6.56. The van der Waals surface area contributed by atoms with Crippen molar-refractivity contribution in [1.82, 2.24) is 30.3 Å². The van der Waals surface area contributed by atoms with Gasteiger partial charge in [-0.1, -0.05) is 5.21 Å². The first-order chi connectivity index (χ1) is 12.2. The first kappa shape index (κ1) is 15.6. The average Bonchev–Trinajstić information content (AvgIpc) is 3.08. The Labute approximate surface area is 144 Å². The Morgan fingerprint density at radius 2 is 2.28 bits per heavy atom. The highest BCUT2D eigenvalue weighted by Gasteiger charge is 2.21. The molecule has 3 aromatic heterocycles. The molecular formula is C17H19N7O. The van der Waals surface area contributed by atoms with Crippen LogP contribution in [0.1, 0.15) is 12.8 Å². The largest absolute Gasteiger partial charge is 0.316 e. The molecule has 1 unspecified atom stereocenters. The Morgan fingerprint density at radius 3 is 3.04 bits per heavy atom. The maximum Gasteiger partial charge on any atom is 0.229 e. The van der Waals surface area contributed by atoms with Crippen molar-refractivity contribution in [2.75, 3.05) is 18.4 Å². The minimum absolute atomic E-state index is 0.00382. The number of carbonyl (C=O) groups is 1. The van der Waals surface area contributed by atoms with E-state index in [1.807, 2.05) is 25.4 Å². The van der Waals surface area contributed by atoms with Gasteiger partial charge in [0.25, 0.3) is 0 Å². The molecule has 1 atom stereocenters. The van der Waals surface area contributed by atoms with Gasteiger partial charge in [0.15, 0.2) is 0 Å². The molecule has 1 saturated heterocycles. The van der Waals surface area contributed by atoms with Gasteiger partial charge in [-0.3, -0.25) is 9.48 Å². The second-order valence-electron chi connectivity index (χ2n) is 6.27. The summed E-state index contributed by atoms with van der Waals surface area (Å²) in [5.41, 5.74) is 2.20. The molecule has 4 heterocycles. The quantitative estimate of drug-likeness (QED) is 0.749. The van der Waals surface area contributed by atoms with Crippen molar-refractivity contribution in [3.05, 3.63) is 30.6 Å². The Balaban J connectivity index is 1.59. The fraction of sp³-hybridized carbons (Fsp3) is 0.353. The molecule has 0 bridgehead atoms. The van der Waals surface area contributed by atoms with Crippen molar-refractivity contribution in [2.45, 2.75) is 12.8 Å². The fourth-order valence-electron chi connectivity index (χ4n) is 3.00. The number of nitrogens with zero attached hydrogens (tertiary/aromatic N) is 5. The van der Waals surface area contributed by atoms with E-state index in [9.17, 15) is 4.79 Å². The zero-order valence-electron chi connectivity index (χ0n) is 13.9. The van der Waals surface area contributed by atoms with Crippen LogP contribution in [-0.2, 0) is 11.8 Å². The van der Waals surface area contributed by atoms with Crippen molar-refractivity contribution in [1.29, 1.82) is 0 Å². The summed E-state index contributed by atoms with van der Waals surface area (Å²) in [7, 11) is 1.81. The summed E-state index contributed by atoms with van der Waals surface area (Å²) in [6.45, 7) is 1.70. The highest BCUT2D eigenvalue weighted by atomic mass is 16.2. The minimum atomic E-state index is -0.00914. The van der Waals surface area contributed by atoms with Crippen LogP contribution in [0.5, 0.6) is 0 Å². The molecule has 1 aliphatic heterocycles. The molecule has 4 rings (SSSR count). The van der Waals surface area contributed by atoms with Gasteiger partial charge in [0.1, 0.15) is 11.5 Å². The van der Waals surface area contributed by atoms with E-state index in [1.54, 1.807) is 16.9 Å². The summed E-state index contributed by atoms with van der Waals surface area (Å²) < 4.78 is 1.64. The predicted molar refractivity (Wildman–Crippen MR) is 93.8 cm³/mol. The van der Waals surface area contributed by atoms with Gasteiger partial charge in [0.05, 0.1) is 23.3 Å². The first-order valence-corrected chi connectivity index (χ1v) is 8.34. The monoisotopic (exact) mass is 337 g/mol. The van der Waals surface area contributed by atoms with E-state index >= 15 is 0 Å². The van der Waals surface area contributed by atoms with Gasteiger partial charge in [-0.25, -0.2) is 9.97 Å². The number of anilines is 1. The lowest BCUT2D eigenvalue weighted by Crippen LogP contribution is -2.37. The molecule has 3 aromatic rings. The lowest BCUT2D eigenvalue weighted by molar-refractivity contribution is -0.120. The second-order valence-corrected chi connectivity index (χ2v) is 6.27. The number of nitrogens with one attached hydrogen (secondary N) is 2. The number of hydrogen-bond donors (Lipinski definition) is 2. The first-order valence-electron chi connectivity index (χ1n) is 8.34. The van der Waals surface area contributed by atoms with E-state index in [4.69, 9.17) is 0 Å². The van der Waals surface area contributed by atoms with Crippen LogP contribution in [0.25, 0.3) is 22.3 Å². The number of aromatic nitrogens is 5. The van der Waals surface area contributed by atoms with Crippen LogP contribution < -0.4 is 10.6 Å². The molecule has 2 N–H and O–H groups in total. The number of rotatable bonds is 3. The maximum atomic E-state index is 12.4. The summed E-state index contributed by atoms with van der Waals surface area (Å²) in [4.78, 5) is 21.3. The zero-order chi connectivity index (χ0) is 17.2. The van der Waals surface area contributed by atoms with Crippen LogP contribution >= 0.6 is 0 Å². The van der Waals surface area contributed by atoms with Gasteiger partial charge in [0, 0.05) is 31.2 Å². The third-order valence-corrected chi connectivity index (χ3v) is 4.36. The van der Waals surface area contributed by atoms with Gasteiger partial charge in [0.2, 0.25) is 5.91 Å². The van der Waals surface area contributed by atoms with Crippen molar-refractivity contribution in [3.63, 3.8) is 0 Å². The summed E-state index contributed by atoms with van der Waals surface area (Å²) in [5, 5.41) is 15.1. The van der Waals surface area contributed by atoms with E-state index in [-0.39, 0.29) is 11.8 Å². The smallest absolute Gasteiger partial charge is 0.229 e. The third kappa shape index (κ3) is 3.34. The summed E-state index contributed by atoms with van der Waals surface area (Å²) >= 11 is 0. The van der Waals surface area contributed by atoms with Gasteiger partial charge in [-0.05, 0) is 31.5 Å². The molecule has 25 heavy (non-hydrogen) atoms. The molecule has 0 radical (unpaired) electrons. The van der Waals surface area contributed by atoms with Crippen molar-refractivity contribution >= 4 is 22.6 Å². The number of carbonyl (C=O) groups excluding carboxylic acids is 1. The minimum Gasteiger partial charge on any atom is -0.316 e. The molecule has 128 valence electrons. The summed E-state index contributed by atoms with van der Waals surface area (Å²) in [5.74, 6) is 0.515. The molecule has 0 aliphatic carbocycles. The molecule has 0 aromatic carbocycles. The average molecular weight is 337 g/mol. The van der Waals surface area contributed by atoms with Crippen LogP contribution in [0.15, 0.2) is 30.6 Å². The SMILES string of the molecule is Cn1cc(-c2ccc3cnc(NC(=O)C4CCCNC4)cc3n2)nn1. The molecule has 0 spiro atoms. The standard InChI is InChI=1S/C17H19N7O/c1-24-10-15(22-23-24)13-5-4-11-9-19-16(7-14(11)20-13)21-17(25)12-3-2-6-18-8-12/h4-5,7,9-10,12,18H,2-3,6,8H2,1H3,(H,19,21,25). The Kier molecular flexibility index (Phi) is 4.10. The van der Waals surface area contributed by atoms with Gasteiger partial charge < -0.3 is 10.6 Å². The number of piperidine rings is 1. The predicted octanol–water partition coefficient (Wildman–Crippen LogP) is 1.36. The van der Waals surface area contributed by atoms with Crippen LogP contribution in [0.4, 0.5) is 5.82 Å². The fourth-order valence-corrected chi connectivity index (χ4v) is 3.00. The summed E-state index contributed by atoms with van der Waals surface area (Å²) in [6.07, 6.45) is 5.46. The molecule has 1 aliphatic rings. The van der Waals surface area contributed by atoms with Gasteiger partial charge >= 0.3 is 0 Å². The van der Waals surface area contributed by atoms with Crippen LogP contribution in [-0.4, -0.2) is 44.0 Å². The van der Waals surface area contributed by atoms with Crippen molar-refractivity contribution in [2.24, 2.45) is 13.0 Å². The van der Waals surface area contributed by atoms with Crippen LogP contribution in [0.3, 0.4) is 0 Å². The number of hydrogen-bond acceptors (Lipinski definition) is 6. The lowest BCUT2D eigenvalue weighted by atomic mass is 9.99. The van der Waals surface area contributed by atoms with Gasteiger partial charge in [-0.15, -0.1) is 5.10 Å². The van der Waals surface area contributed by atoms with E-state index in [1.165, 1.54) is 0 Å². The maximum absolute atomic E-state index is 12.4. The van der Waals surface area contributed by atoms with E-state index in [0.29, 0.717) is 18.1 Å².